The molecule has 0 aliphatic heterocycles. The molecule has 0 saturated carbocycles. The minimum absolute atomic E-state index is 0.0987. The van der Waals surface area contributed by atoms with Crippen LogP contribution in [0.25, 0.3) is 10.8 Å². The molecule has 2 rings (SSSR count). The van der Waals surface area contributed by atoms with E-state index < -0.39 is 5.24 Å². The fourth-order valence-electron chi connectivity index (χ4n) is 1.63. The number of benzene rings is 2. The monoisotopic (exact) mass is 220 g/mol. The molecule has 0 atom stereocenters. The number of halogens is 1. The molecule has 0 aliphatic rings. The van der Waals surface area contributed by atoms with Gasteiger partial charge in [-0.2, -0.15) is 0 Å². The Hall–Kier alpha value is -1.38. The molecule has 0 radical (unpaired) electrons. The van der Waals surface area contributed by atoms with E-state index in [2.05, 4.69) is 0 Å². The smallest absolute Gasteiger partial charge is 0.252 e. The Morgan fingerprint density at radius 3 is 2.67 bits per heavy atom. The molecule has 0 aliphatic carbocycles. The van der Waals surface area contributed by atoms with Crippen molar-refractivity contribution in [2.24, 2.45) is 0 Å². The van der Waals surface area contributed by atoms with Crippen LogP contribution >= 0.6 is 11.6 Å². The molecule has 1 N–H and O–H groups in total. The van der Waals surface area contributed by atoms with E-state index in [1.165, 1.54) is 0 Å². The van der Waals surface area contributed by atoms with E-state index in [0.717, 1.165) is 16.3 Å². The second-order valence-electron chi connectivity index (χ2n) is 3.29. The largest absolute Gasteiger partial charge is 0.392 e. The van der Waals surface area contributed by atoms with E-state index in [1.54, 1.807) is 12.1 Å². The van der Waals surface area contributed by atoms with Crippen molar-refractivity contribution in [2.75, 3.05) is 0 Å². The molecule has 76 valence electrons. The number of hydrogen-bond acceptors (Lipinski definition) is 2. The average Bonchev–Trinajstić information content (AvgIpc) is 2.27. The van der Waals surface area contributed by atoms with Crippen LogP contribution in [0, 0.1) is 0 Å². The first-order valence-corrected chi connectivity index (χ1v) is 4.92. The van der Waals surface area contributed by atoms with Crippen molar-refractivity contribution in [3.8, 4) is 0 Å². The number of rotatable bonds is 2. The Balaban J connectivity index is 2.77. The topological polar surface area (TPSA) is 37.3 Å². The van der Waals surface area contributed by atoms with Gasteiger partial charge in [0.05, 0.1) is 6.61 Å². The Kier molecular flexibility index (Phi) is 2.71. The summed E-state index contributed by atoms with van der Waals surface area (Å²) in [6.45, 7) is -0.0987. The standard InChI is InChI=1S/C12H9ClO2/c13-12(15)9-5-8-3-1-2-4-11(8)10(6-9)7-14/h1-6,14H,7H2. The fourth-order valence-corrected chi connectivity index (χ4v) is 1.74. The Labute approximate surface area is 92.1 Å². The Bertz CT molecular complexity index is 520. The summed E-state index contributed by atoms with van der Waals surface area (Å²) in [5, 5.41) is 10.5. The highest BCUT2D eigenvalue weighted by atomic mass is 35.5. The van der Waals surface area contributed by atoms with Crippen molar-refractivity contribution in [1.29, 1.82) is 0 Å². The van der Waals surface area contributed by atoms with Crippen LogP contribution in [0.15, 0.2) is 36.4 Å². The lowest BCUT2D eigenvalue weighted by molar-refractivity contribution is 0.108. The average molecular weight is 221 g/mol. The van der Waals surface area contributed by atoms with Crippen LogP contribution in [0.2, 0.25) is 0 Å². The predicted molar refractivity (Wildman–Crippen MR) is 60.1 cm³/mol. The van der Waals surface area contributed by atoms with Gasteiger partial charge in [0, 0.05) is 5.56 Å². The highest BCUT2D eigenvalue weighted by molar-refractivity contribution is 6.67. The van der Waals surface area contributed by atoms with Crippen LogP contribution in [0.4, 0.5) is 0 Å². The van der Waals surface area contributed by atoms with E-state index in [0.29, 0.717) is 5.56 Å². The molecule has 0 saturated heterocycles. The van der Waals surface area contributed by atoms with Crippen molar-refractivity contribution >= 4 is 27.6 Å². The predicted octanol–water partition coefficient (Wildman–Crippen LogP) is 2.71. The summed E-state index contributed by atoms with van der Waals surface area (Å²) in [5.41, 5.74) is 1.14. The summed E-state index contributed by atoms with van der Waals surface area (Å²) in [6, 6.07) is 10.9. The number of aliphatic hydroxyl groups is 1. The first kappa shape index (κ1) is 10.1. The van der Waals surface area contributed by atoms with E-state index >= 15 is 0 Å². The summed E-state index contributed by atoms with van der Waals surface area (Å²) in [4.78, 5) is 11.0. The summed E-state index contributed by atoms with van der Waals surface area (Å²) in [7, 11) is 0. The lowest BCUT2D eigenvalue weighted by atomic mass is 10.0. The van der Waals surface area contributed by atoms with Gasteiger partial charge in [0.2, 0.25) is 0 Å². The Morgan fingerprint density at radius 2 is 2.00 bits per heavy atom. The molecule has 2 aromatic carbocycles. The molecule has 2 nitrogen and oxygen atoms in total. The van der Waals surface area contributed by atoms with Gasteiger partial charge in [-0.1, -0.05) is 24.3 Å². The van der Waals surface area contributed by atoms with Crippen LogP contribution in [0.1, 0.15) is 15.9 Å². The lowest BCUT2D eigenvalue weighted by Crippen LogP contribution is -1.93. The maximum absolute atomic E-state index is 11.0. The van der Waals surface area contributed by atoms with Gasteiger partial charge in [-0.05, 0) is 40.1 Å². The maximum atomic E-state index is 11.0. The first-order chi connectivity index (χ1) is 7.22. The molecule has 0 unspecified atom stereocenters. The summed E-state index contributed by atoms with van der Waals surface area (Å²) in [6.07, 6.45) is 0. The van der Waals surface area contributed by atoms with E-state index in [1.807, 2.05) is 24.3 Å². The Morgan fingerprint density at radius 1 is 1.27 bits per heavy atom. The van der Waals surface area contributed by atoms with Crippen LogP contribution in [0.5, 0.6) is 0 Å². The van der Waals surface area contributed by atoms with Crippen molar-refractivity contribution in [1.82, 2.24) is 0 Å². The summed E-state index contributed by atoms with van der Waals surface area (Å²) < 4.78 is 0. The zero-order valence-corrected chi connectivity index (χ0v) is 8.66. The van der Waals surface area contributed by atoms with Crippen molar-refractivity contribution in [3.63, 3.8) is 0 Å². The fraction of sp³-hybridized carbons (Fsp3) is 0.0833. The van der Waals surface area contributed by atoms with Gasteiger partial charge >= 0.3 is 0 Å². The number of fused-ring (bicyclic) bond motifs is 1. The molecular weight excluding hydrogens is 212 g/mol. The SMILES string of the molecule is O=C(Cl)c1cc(CO)c2ccccc2c1. The van der Waals surface area contributed by atoms with Gasteiger partial charge in [-0.25, -0.2) is 0 Å². The number of aliphatic hydroxyl groups excluding tert-OH is 1. The zero-order valence-electron chi connectivity index (χ0n) is 7.90. The van der Waals surface area contributed by atoms with Gasteiger partial charge in [-0.3, -0.25) is 4.79 Å². The van der Waals surface area contributed by atoms with E-state index in [9.17, 15) is 9.90 Å². The third-order valence-corrected chi connectivity index (χ3v) is 2.56. The third-order valence-electron chi connectivity index (χ3n) is 2.34. The van der Waals surface area contributed by atoms with Gasteiger partial charge in [0.1, 0.15) is 0 Å². The molecule has 0 amide bonds. The normalized spacial score (nSPS) is 10.5. The molecule has 3 heteroatoms. The molecule has 15 heavy (non-hydrogen) atoms. The highest BCUT2D eigenvalue weighted by Gasteiger charge is 2.07. The summed E-state index contributed by atoms with van der Waals surface area (Å²) in [5.74, 6) is 0. The minimum atomic E-state index is -0.504. The third kappa shape index (κ3) is 1.87. The molecular formula is C12H9ClO2. The molecule has 0 bridgehead atoms. The first-order valence-electron chi connectivity index (χ1n) is 4.54. The van der Waals surface area contributed by atoms with Gasteiger partial charge in [0.25, 0.3) is 5.24 Å². The van der Waals surface area contributed by atoms with Crippen LogP contribution < -0.4 is 0 Å². The number of carbonyl (C=O) groups excluding carboxylic acids is 1. The molecule has 0 heterocycles. The van der Waals surface area contributed by atoms with E-state index in [-0.39, 0.29) is 6.61 Å². The van der Waals surface area contributed by atoms with Crippen LogP contribution in [-0.4, -0.2) is 10.3 Å². The van der Waals surface area contributed by atoms with Gasteiger partial charge < -0.3 is 5.11 Å². The van der Waals surface area contributed by atoms with Crippen molar-refractivity contribution < 1.29 is 9.90 Å². The minimum Gasteiger partial charge on any atom is -0.392 e. The quantitative estimate of drug-likeness (QED) is 0.791. The van der Waals surface area contributed by atoms with Gasteiger partial charge in [-0.15, -0.1) is 0 Å². The van der Waals surface area contributed by atoms with Crippen LogP contribution in [-0.2, 0) is 6.61 Å². The molecule has 0 fully saturated rings. The molecule has 0 spiro atoms. The van der Waals surface area contributed by atoms with E-state index in [4.69, 9.17) is 11.6 Å². The maximum Gasteiger partial charge on any atom is 0.252 e. The lowest BCUT2D eigenvalue weighted by Gasteiger charge is -2.05. The molecule has 2 aromatic rings. The summed E-state index contributed by atoms with van der Waals surface area (Å²) >= 11 is 5.41. The van der Waals surface area contributed by atoms with Crippen LogP contribution in [0.3, 0.4) is 0 Å². The van der Waals surface area contributed by atoms with Crippen molar-refractivity contribution in [2.45, 2.75) is 6.61 Å². The van der Waals surface area contributed by atoms with Crippen molar-refractivity contribution in [3.05, 3.63) is 47.5 Å². The zero-order chi connectivity index (χ0) is 10.8. The number of carbonyl (C=O) groups is 1. The second-order valence-corrected chi connectivity index (χ2v) is 3.63. The van der Waals surface area contributed by atoms with Gasteiger partial charge in [0.15, 0.2) is 0 Å². The second kappa shape index (κ2) is 4.01. The number of hydrogen-bond donors (Lipinski definition) is 1. The molecule has 0 aromatic heterocycles. The highest BCUT2D eigenvalue weighted by Crippen LogP contribution is 2.22.